The van der Waals surface area contributed by atoms with Crippen LogP contribution in [0.3, 0.4) is 0 Å². The summed E-state index contributed by atoms with van der Waals surface area (Å²) < 4.78 is 0. The highest BCUT2D eigenvalue weighted by atomic mass is 16.3. The number of nitrogens with zero attached hydrogens (tertiary/aromatic N) is 4. The standard InChI is InChI=1S/C27H25N5O3/c1-3-31(4-2)19-11-9-17(10-12-19)23-22(24(33)18-13-15-28-16-14-18)25(34)26(35)32(23)27-29-20-7-5-6-8-21(20)30-27/h5-16,23,33H,3-4H2,1-2H3,(H,29,30)/b24-22+. The van der Waals surface area contributed by atoms with Crippen LogP contribution in [0.1, 0.15) is 31.0 Å². The largest absolute Gasteiger partial charge is 0.507 e. The van der Waals surface area contributed by atoms with Gasteiger partial charge in [0, 0.05) is 36.7 Å². The number of aliphatic hydroxyl groups is 1. The fourth-order valence-corrected chi connectivity index (χ4v) is 4.54. The summed E-state index contributed by atoms with van der Waals surface area (Å²) in [6.07, 6.45) is 3.05. The summed E-state index contributed by atoms with van der Waals surface area (Å²) in [6, 6.07) is 17.5. The van der Waals surface area contributed by atoms with Crippen molar-refractivity contribution in [2.24, 2.45) is 0 Å². The van der Waals surface area contributed by atoms with E-state index in [1.807, 2.05) is 48.5 Å². The zero-order valence-electron chi connectivity index (χ0n) is 19.5. The van der Waals surface area contributed by atoms with Crippen molar-refractivity contribution in [3.05, 3.63) is 89.8 Å². The van der Waals surface area contributed by atoms with E-state index < -0.39 is 17.7 Å². The third-order valence-corrected chi connectivity index (χ3v) is 6.34. The second kappa shape index (κ2) is 9.06. The van der Waals surface area contributed by atoms with Gasteiger partial charge in [0.1, 0.15) is 5.76 Å². The number of H-pyrrole nitrogens is 1. The fourth-order valence-electron chi connectivity index (χ4n) is 4.54. The molecule has 176 valence electrons. The Bertz CT molecular complexity index is 1390. The van der Waals surface area contributed by atoms with E-state index in [0.29, 0.717) is 16.6 Å². The van der Waals surface area contributed by atoms with Gasteiger partial charge in [0.05, 0.1) is 22.6 Å². The zero-order valence-corrected chi connectivity index (χ0v) is 19.5. The summed E-state index contributed by atoms with van der Waals surface area (Å²) in [4.78, 5) is 41.9. The maximum atomic E-state index is 13.3. The highest BCUT2D eigenvalue weighted by molar-refractivity contribution is 6.51. The average Bonchev–Trinajstić information content (AvgIpc) is 3.43. The van der Waals surface area contributed by atoms with Crippen molar-refractivity contribution in [2.45, 2.75) is 19.9 Å². The summed E-state index contributed by atoms with van der Waals surface area (Å²) in [5.41, 5.74) is 3.57. The van der Waals surface area contributed by atoms with E-state index in [4.69, 9.17) is 0 Å². The minimum Gasteiger partial charge on any atom is -0.507 e. The number of para-hydroxylation sites is 2. The van der Waals surface area contributed by atoms with Gasteiger partial charge in [-0.1, -0.05) is 24.3 Å². The van der Waals surface area contributed by atoms with Crippen molar-refractivity contribution in [1.29, 1.82) is 0 Å². The number of Topliss-reactive ketones (excluding diaryl/α,β-unsaturated/α-hetero) is 1. The van der Waals surface area contributed by atoms with Crippen LogP contribution in [0.25, 0.3) is 16.8 Å². The number of aromatic amines is 1. The van der Waals surface area contributed by atoms with Gasteiger partial charge >= 0.3 is 5.91 Å². The Morgan fingerprint density at radius 2 is 1.69 bits per heavy atom. The molecule has 35 heavy (non-hydrogen) atoms. The number of benzene rings is 2. The Hall–Kier alpha value is -4.46. The topological polar surface area (TPSA) is 102 Å². The molecule has 1 amide bonds. The minimum absolute atomic E-state index is 0.0113. The Kier molecular flexibility index (Phi) is 5.78. The molecule has 0 spiro atoms. The van der Waals surface area contributed by atoms with E-state index in [0.717, 1.165) is 24.3 Å². The van der Waals surface area contributed by atoms with Gasteiger partial charge in [-0.05, 0) is 55.8 Å². The van der Waals surface area contributed by atoms with Gasteiger partial charge in [0.15, 0.2) is 0 Å². The first-order valence-corrected chi connectivity index (χ1v) is 11.5. The molecular formula is C27H25N5O3. The summed E-state index contributed by atoms with van der Waals surface area (Å²) in [5.74, 6) is -1.52. The molecular weight excluding hydrogens is 442 g/mol. The first-order chi connectivity index (χ1) is 17.0. The minimum atomic E-state index is -0.852. The van der Waals surface area contributed by atoms with Gasteiger partial charge in [0.25, 0.3) is 5.78 Å². The normalized spacial score (nSPS) is 17.3. The Labute approximate surface area is 202 Å². The average molecular weight is 468 g/mol. The molecule has 1 aliphatic heterocycles. The predicted molar refractivity (Wildman–Crippen MR) is 135 cm³/mol. The Balaban J connectivity index is 1.69. The van der Waals surface area contributed by atoms with Crippen molar-refractivity contribution in [3.8, 4) is 0 Å². The first-order valence-electron chi connectivity index (χ1n) is 11.5. The Morgan fingerprint density at radius 1 is 1.00 bits per heavy atom. The summed E-state index contributed by atoms with van der Waals surface area (Å²) in [5, 5.41) is 11.2. The quantitative estimate of drug-likeness (QED) is 0.247. The van der Waals surface area contributed by atoms with Crippen LogP contribution >= 0.6 is 0 Å². The lowest BCUT2D eigenvalue weighted by Crippen LogP contribution is -2.30. The van der Waals surface area contributed by atoms with Crippen molar-refractivity contribution in [3.63, 3.8) is 0 Å². The number of fused-ring (bicyclic) bond motifs is 1. The molecule has 1 aliphatic rings. The van der Waals surface area contributed by atoms with Crippen LogP contribution in [0.5, 0.6) is 0 Å². The number of hydrogen-bond acceptors (Lipinski definition) is 6. The van der Waals surface area contributed by atoms with Crippen molar-refractivity contribution >= 4 is 40.1 Å². The maximum absolute atomic E-state index is 13.3. The fraction of sp³-hybridized carbons (Fsp3) is 0.185. The second-order valence-corrected chi connectivity index (χ2v) is 8.25. The van der Waals surface area contributed by atoms with Crippen molar-refractivity contribution in [1.82, 2.24) is 15.0 Å². The molecule has 1 atom stereocenters. The number of carbonyl (C=O) groups is 2. The molecule has 0 aliphatic carbocycles. The lowest BCUT2D eigenvalue weighted by Gasteiger charge is -2.25. The number of anilines is 2. The van der Waals surface area contributed by atoms with Crippen LogP contribution in [0.15, 0.2) is 78.6 Å². The smallest absolute Gasteiger partial charge is 0.302 e. The second-order valence-electron chi connectivity index (χ2n) is 8.25. The number of aromatic nitrogens is 3. The number of pyridine rings is 1. The zero-order chi connectivity index (χ0) is 24.5. The van der Waals surface area contributed by atoms with Gasteiger partial charge in [-0.15, -0.1) is 0 Å². The lowest BCUT2D eigenvalue weighted by molar-refractivity contribution is -0.132. The first kappa shape index (κ1) is 22.3. The molecule has 4 aromatic rings. The third kappa shape index (κ3) is 3.82. The molecule has 3 heterocycles. The number of imidazole rings is 1. The van der Waals surface area contributed by atoms with Crippen LogP contribution in [0, 0.1) is 0 Å². The van der Waals surface area contributed by atoms with E-state index in [2.05, 4.69) is 33.7 Å². The number of aliphatic hydroxyl groups excluding tert-OH is 1. The number of nitrogens with one attached hydrogen (secondary N) is 1. The van der Waals surface area contributed by atoms with Crippen LogP contribution in [0.2, 0.25) is 0 Å². The molecule has 1 fully saturated rings. The van der Waals surface area contributed by atoms with Crippen LogP contribution in [0.4, 0.5) is 11.6 Å². The van der Waals surface area contributed by atoms with Crippen molar-refractivity contribution < 1.29 is 14.7 Å². The molecule has 2 N–H and O–H groups in total. The van der Waals surface area contributed by atoms with Gasteiger partial charge in [-0.25, -0.2) is 4.98 Å². The molecule has 0 bridgehead atoms. The summed E-state index contributed by atoms with van der Waals surface area (Å²) >= 11 is 0. The van der Waals surface area contributed by atoms with Crippen LogP contribution in [-0.4, -0.2) is 44.8 Å². The van der Waals surface area contributed by atoms with E-state index >= 15 is 0 Å². The molecule has 0 radical (unpaired) electrons. The molecule has 8 heteroatoms. The van der Waals surface area contributed by atoms with E-state index in [9.17, 15) is 14.7 Å². The molecule has 5 rings (SSSR count). The maximum Gasteiger partial charge on any atom is 0.302 e. The number of hydrogen-bond donors (Lipinski definition) is 2. The van der Waals surface area contributed by atoms with Gasteiger partial charge in [0.2, 0.25) is 5.95 Å². The van der Waals surface area contributed by atoms with Gasteiger partial charge < -0.3 is 15.0 Å². The van der Waals surface area contributed by atoms with E-state index in [-0.39, 0.29) is 17.3 Å². The highest BCUT2D eigenvalue weighted by Gasteiger charge is 2.48. The van der Waals surface area contributed by atoms with E-state index in [1.165, 1.54) is 17.3 Å². The molecule has 0 saturated carbocycles. The number of rotatable bonds is 6. The SMILES string of the molecule is CCN(CC)c1ccc(C2/C(=C(\O)c3ccncc3)C(=O)C(=O)N2c2nc3ccccc3[nH]2)cc1. The van der Waals surface area contributed by atoms with Crippen LogP contribution < -0.4 is 9.80 Å². The predicted octanol–water partition coefficient (Wildman–Crippen LogP) is 4.43. The van der Waals surface area contributed by atoms with E-state index in [1.54, 1.807) is 12.1 Å². The molecule has 2 aromatic carbocycles. The third-order valence-electron chi connectivity index (χ3n) is 6.34. The molecule has 1 unspecified atom stereocenters. The lowest BCUT2D eigenvalue weighted by atomic mass is 9.95. The van der Waals surface area contributed by atoms with Crippen molar-refractivity contribution in [2.75, 3.05) is 22.9 Å². The number of carbonyl (C=O) groups excluding carboxylic acids is 2. The molecule has 2 aromatic heterocycles. The summed E-state index contributed by atoms with van der Waals surface area (Å²) in [6.45, 7) is 5.88. The number of ketones is 1. The monoisotopic (exact) mass is 467 g/mol. The van der Waals surface area contributed by atoms with Gasteiger partial charge in [-0.2, -0.15) is 0 Å². The molecule has 1 saturated heterocycles. The van der Waals surface area contributed by atoms with Crippen LogP contribution in [-0.2, 0) is 9.59 Å². The highest BCUT2D eigenvalue weighted by Crippen LogP contribution is 2.42. The van der Waals surface area contributed by atoms with Gasteiger partial charge in [-0.3, -0.25) is 19.5 Å². The Morgan fingerprint density at radius 3 is 2.34 bits per heavy atom. The summed E-state index contributed by atoms with van der Waals surface area (Å²) in [7, 11) is 0. The molecule has 8 nitrogen and oxygen atoms in total. The number of amides is 1.